The summed E-state index contributed by atoms with van der Waals surface area (Å²) in [5.41, 5.74) is 0.0887. The van der Waals surface area contributed by atoms with E-state index in [0.717, 1.165) is 38.5 Å². The fraction of sp³-hybridized carbons (Fsp3) is 0.854. The first-order valence-electron chi connectivity index (χ1n) is 20.8. The molecule has 0 amide bonds. The van der Waals surface area contributed by atoms with Gasteiger partial charge in [-0.15, -0.1) is 0 Å². The van der Waals surface area contributed by atoms with Crippen LogP contribution in [0.5, 0.6) is 6.01 Å². The highest BCUT2D eigenvalue weighted by atomic mass is 16.7. The van der Waals surface area contributed by atoms with Crippen molar-refractivity contribution in [3.63, 3.8) is 0 Å². The minimum atomic E-state index is -0.727. The average Bonchev–Trinajstić information content (AvgIpc) is 3.62. The Balaban J connectivity index is 1.30. The van der Waals surface area contributed by atoms with Crippen molar-refractivity contribution < 1.29 is 28.5 Å². The number of nitrogens with one attached hydrogen (secondary N) is 1. The third kappa shape index (κ3) is 16.7. The summed E-state index contributed by atoms with van der Waals surface area (Å²) in [7, 11) is 0. The molecule has 3 heterocycles. The third-order valence-corrected chi connectivity index (χ3v) is 10.3. The quantitative estimate of drug-likeness (QED) is 0.0605. The summed E-state index contributed by atoms with van der Waals surface area (Å²) in [5.74, 6) is -0.537. The maximum atomic E-state index is 13.0. The largest absolute Gasteiger partial charge is 0.463 e. The molecular weight excluding hydrogens is 630 g/mol. The number of aromatic nitrogens is 2. The zero-order valence-corrected chi connectivity index (χ0v) is 31.8. The number of rotatable bonds is 31. The fourth-order valence-corrected chi connectivity index (χ4v) is 7.18. The minimum Gasteiger partial charge on any atom is -0.463 e. The Labute approximate surface area is 303 Å². The van der Waals surface area contributed by atoms with Gasteiger partial charge in [0.1, 0.15) is 12.7 Å². The molecular formula is C41H71N3O6. The van der Waals surface area contributed by atoms with Gasteiger partial charge < -0.3 is 18.9 Å². The Bertz CT molecular complexity index is 1110. The molecule has 0 aromatic carbocycles. The zero-order valence-electron chi connectivity index (χ0n) is 31.8. The number of hydrogen-bond donors (Lipinski definition) is 1. The zero-order chi connectivity index (χ0) is 35.7. The van der Waals surface area contributed by atoms with E-state index in [4.69, 9.17) is 24.4 Å². The van der Waals surface area contributed by atoms with Gasteiger partial charge in [-0.1, -0.05) is 168 Å². The van der Waals surface area contributed by atoms with E-state index in [-0.39, 0.29) is 30.0 Å². The second-order valence-electron chi connectivity index (χ2n) is 14.8. The van der Waals surface area contributed by atoms with Crippen LogP contribution in [0.15, 0.2) is 12.3 Å². The molecule has 0 saturated carbocycles. The van der Waals surface area contributed by atoms with Crippen LogP contribution >= 0.6 is 0 Å². The normalized spacial score (nSPS) is 19.2. The smallest absolute Gasteiger partial charge is 0.306 e. The third-order valence-electron chi connectivity index (χ3n) is 10.3. The summed E-state index contributed by atoms with van der Waals surface area (Å²) in [6.45, 7) is 4.53. The highest BCUT2D eigenvalue weighted by Gasteiger charge is 2.54. The Morgan fingerprint density at radius 2 is 1.12 bits per heavy atom. The molecule has 1 aromatic rings. The Morgan fingerprint density at radius 1 is 0.680 bits per heavy atom. The molecule has 286 valence electrons. The second kappa shape index (κ2) is 26.4. The second-order valence-corrected chi connectivity index (χ2v) is 14.8. The van der Waals surface area contributed by atoms with Gasteiger partial charge in [0.2, 0.25) is 0 Å². The standard InChI is InChI=1S/C41H71N3O6/c1-3-5-7-9-11-13-15-17-19-21-23-25-27-29-36(45)47-33-34-38(39-40(48-34)44-32-31-35(42)43-41(44)50-39)49-37(46)30-28-26-24-22-20-18-16-14-12-10-8-6-4-2/h31-32,34,38-40,42H,3-30,33H2,1-2H3/t34-,38-,39+,40-/m1/s1. The van der Waals surface area contributed by atoms with E-state index in [1.165, 1.54) is 128 Å². The first kappa shape index (κ1) is 42.0. The number of carbonyl (C=O) groups is 2. The number of hydrogen-bond acceptors (Lipinski definition) is 8. The SMILES string of the molecule is CCCCCCCCCCCCCCCC(=O)OC[C@H]1O[C@@H]2[C@@H](Oc3nc(=N)ccn32)[C@@H]1OC(=O)CCCCCCCCCCCCCCC. The van der Waals surface area contributed by atoms with Gasteiger partial charge in [0.25, 0.3) is 0 Å². The number of carbonyl (C=O) groups excluding carboxylic acids is 2. The summed E-state index contributed by atoms with van der Waals surface area (Å²) in [6, 6.07) is 1.83. The molecule has 0 bridgehead atoms. The number of esters is 2. The molecule has 0 aliphatic carbocycles. The average molecular weight is 702 g/mol. The predicted octanol–water partition coefficient (Wildman–Crippen LogP) is 10.4. The molecule has 50 heavy (non-hydrogen) atoms. The van der Waals surface area contributed by atoms with Crippen molar-refractivity contribution in [1.29, 1.82) is 5.41 Å². The van der Waals surface area contributed by atoms with Crippen LogP contribution in [-0.2, 0) is 23.8 Å². The van der Waals surface area contributed by atoms with Crippen molar-refractivity contribution >= 4 is 11.9 Å². The fourth-order valence-electron chi connectivity index (χ4n) is 7.18. The number of fused-ring (bicyclic) bond motifs is 3. The molecule has 1 aromatic heterocycles. The van der Waals surface area contributed by atoms with Gasteiger partial charge in [-0.25, -0.2) is 0 Å². The molecule has 3 rings (SSSR count). The van der Waals surface area contributed by atoms with E-state index in [1.807, 2.05) is 0 Å². The highest BCUT2D eigenvalue weighted by molar-refractivity contribution is 5.70. The Morgan fingerprint density at radius 3 is 1.60 bits per heavy atom. The molecule has 0 radical (unpaired) electrons. The van der Waals surface area contributed by atoms with Gasteiger partial charge in [0.15, 0.2) is 23.9 Å². The Hall–Kier alpha value is -2.42. The van der Waals surface area contributed by atoms with Crippen LogP contribution in [0, 0.1) is 5.41 Å². The molecule has 0 spiro atoms. The lowest BCUT2D eigenvalue weighted by atomic mass is 10.0. The number of unbranched alkanes of at least 4 members (excludes halogenated alkanes) is 24. The van der Waals surface area contributed by atoms with Gasteiger partial charge in [-0.2, -0.15) is 4.98 Å². The lowest BCUT2D eigenvalue weighted by Gasteiger charge is -2.22. The molecule has 1 N–H and O–H groups in total. The van der Waals surface area contributed by atoms with E-state index >= 15 is 0 Å². The van der Waals surface area contributed by atoms with Gasteiger partial charge in [0, 0.05) is 19.0 Å². The maximum Gasteiger partial charge on any atom is 0.306 e. The first-order chi connectivity index (χ1) is 24.5. The number of ether oxygens (including phenoxy) is 4. The lowest BCUT2D eigenvalue weighted by Crippen LogP contribution is -2.40. The van der Waals surface area contributed by atoms with E-state index in [0.29, 0.717) is 12.8 Å². The van der Waals surface area contributed by atoms with Crippen LogP contribution in [-0.4, -0.2) is 46.4 Å². The molecule has 9 nitrogen and oxygen atoms in total. The van der Waals surface area contributed by atoms with Crippen LogP contribution in [0.4, 0.5) is 0 Å². The predicted molar refractivity (Wildman–Crippen MR) is 198 cm³/mol. The summed E-state index contributed by atoms with van der Waals surface area (Å²) >= 11 is 0. The van der Waals surface area contributed by atoms with Crippen molar-refractivity contribution in [1.82, 2.24) is 9.55 Å². The molecule has 2 aliphatic heterocycles. The van der Waals surface area contributed by atoms with Crippen molar-refractivity contribution in [2.24, 2.45) is 0 Å². The van der Waals surface area contributed by atoms with Gasteiger partial charge in [-0.3, -0.25) is 19.6 Å². The summed E-state index contributed by atoms with van der Waals surface area (Å²) in [4.78, 5) is 29.7. The highest BCUT2D eigenvalue weighted by Crippen LogP contribution is 2.40. The van der Waals surface area contributed by atoms with Crippen LogP contribution in [0.3, 0.4) is 0 Å². The van der Waals surface area contributed by atoms with E-state index < -0.39 is 24.5 Å². The lowest BCUT2D eigenvalue weighted by molar-refractivity contribution is -0.160. The maximum absolute atomic E-state index is 13.0. The Kier molecular flexibility index (Phi) is 22.1. The van der Waals surface area contributed by atoms with Crippen molar-refractivity contribution in [3.8, 4) is 6.01 Å². The summed E-state index contributed by atoms with van der Waals surface area (Å²) in [5, 5.41) is 7.84. The first-order valence-corrected chi connectivity index (χ1v) is 20.8. The monoisotopic (exact) mass is 702 g/mol. The van der Waals surface area contributed by atoms with Crippen LogP contribution < -0.4 is 10.2 Å². The van der Waals surface area contributed by atoms with Gasteiger partial charge >= 0.3 is 17.9 Å². The summed E-state index contributed by atoms with van der Waals surface area (Å²) < 4.78 is 25.6. The molecule has 4 atom stereocenters. The molecule has 1 fully saturated rings. The summed E-state index contributed by atoms with van der Waals surface area (Å²) in [6.07, 6.45) is 32.5. The van der Waals surface area contributed by atoms with Gasteiger partial charge in [0.05, 0.1) is 0 Å². The number of nitrogens with zero attached hydrogens (tertiary/aromatic N) is 2. The minimum absolute atomic E-state index is 0.00414. The van der Waals surface area contributed by atoms with Crippen LogP contribution in [0.2, 0.25) is 0 Å². The topological polar surface area (TPSA) is 113 Å². The van der Waals surface area contributed by atoms with E-state index in [1.54, 1.807) is 16.8 Å². The molecule has 1 saturated heterocycles. The molecule has 9 heteroatoms. The van der Waals surface area contributed by atoms with E-state index in [2.05, 4.69) is 18.8 Å². The van der Waals surface area contributed by atoms with Crippen molar-refractivity contribution in [2.45, 2.75) is 218 Å². The van der Waals surface area contributed by atoms with Gasteiger partial charge in [-0.05, 0) is 18.9 Å². The van der Waals surface area contributed by atoms with Crippen LogP contribution in [0.1, 0.15) is 200 Å². The van der Waals surface area contributed by atoms with E-state index in [9.17, 15) is 9.59 Å². The molecule has 2 aliphatic rings. The van der Waals surface area contributed by atoms with Crippen molar-refractivity contribution in [2.75, 3.05) is 6.61 Å². The van der Waals surface area contributed by atoms with Crippen molar-refractivity contribution in [3.05, 3.63) is 17.8 Å². The molecule has 0 unspecified atom stereocenters. The van der Waals surface area contributed by atoms with Crippen LogP contribution in [0.25, 0.3) is 0 Å².